The zero-order valence-corrected chi connectivity index (χ0v) is 30.1. The molecule has 0 amide bonds. The van der Waals surface area contributed by atoms with Crippen LogP contribution >= 0.6 is 0 Å². The molecule has 4 nitrogen and oxygen atoms in total. The number of rotatable bonds is 6. The van der Waals surface area contributed by atoms with Gasteiger partial charge >= 0.3 is 0 Å². The first-order valence-corrected chi connectivity index (χ1v) is 17.4. The lowest BCUT2D eigenvalue weighted by molar-refractivity contribution is 0.477. The Morgan fingerprint density at radius 3 is 2.17 bits per heavy atom. The van der Waals surface area contributed by atoms with E-state index in [0.717, 1.165) is 44.6 Å². The van der Waals surface area contributed by atoms with Crippen molar-refractivity contribution in [3.05, 3.63) is 168 Å². The van der Waals surface area contributed by atoms with Gasteiger partial charge in [0, 0.05) is 27.1 Å². The second-order valence-corrected chi connectivity index (χ2v) is 14.3. The molecule has 0 saturated heterocycles. The Morgan fingerprint density at radius 2 is 1.42 bits per heavy atom. The van der Waals surface area contributed by atoms with E-state index in [1.54, 1.807) is 12.1 Å². The van der Waals surface area contributed by atoms with E-state index in [1.807, 2.05) is 92.1 Å². The zero-order chi connectivity index (χ0) is 45.4. The topological polar surface area (TPSA) is 50.9 Å². The molecule has 4 heteroatoms. The van der Waals surface area contributed by atoms with Gasteiger partial charge in [-0.3, -0.25) is 9.55 Å². The molecule has 8 rings (SSSR count). The molecule has 0 radical (unpaired) electrons. The maximum atomic E-state index is 11.3. The van der Waals surface area contributed by atoms with Crippen molar-refractivity contribution in [1.29, 1.82) is 0 Å². The van der Waals surface area contributed by atoms with Gasteiger partial charge in [0.1, 0.15) is 11.6 Å². The number of aromatic hydroxyl groups is 1. The van der Waals surface area contributed by atoms with Crippen LogP contribution in [0.2, 0.25) is 0 Å². The predicted molar refractivity (Wildman–Crippen MR) is 221 cm³/mol. The number of para-hydroxylation sites is 2. The van der Waals surface area contributed by atoms with Crippen LogP contribution in [-0.4, -0.2) is 19.6 Å². The number of fused-ring (bicyclic) bond motifs is 1. The average molecular weight is 700 g/mol. The highest BCUT2D eigenvalue weighted by molar-refractivity contribution is 5.97. The van der Waals surface area contributed by atoms with Crippen LogP contribution < -0.4 is 0 Å². The largest absolute Gasteiger partial charge is 0.507 e. The number of phenols is 1. The van der Waals surface area contributed by atoms with Gasteiger partial charge in [0.15, 0.2) is 0 Å². The number of aromatic nitrogens is 3. The molecule has 260 valence electrons. The molecule has 1 N–H and O–H groups in total. The molecule has 0 aliphatic carbocycles. The van der Waals surface area contributed by atoms with Crippen LogP contribution in [0.25, 0.3) is 72.7 Å². The van der Waals surface area contributed by atoms with Crippen molar-refractivity contribution in [2.45, 2.75) is 46.9 Å². The van der Waals surface area contributed by atoms with Crippen molar-refractivity contribution in [2.75, 3.05) is 0 Å². The molecule has 0 fully saturated rings. The van der Waals surface area contributed by atoms with E-state index >= 15 is 0 Å². The number of phenolic OH excluding ortho intramolecular Hbond substituents is 1. The minimum atomic E-state index is -2.95. The fourth-order valence-corrected chi connectivity index (χ4v) is 6.69. The van der Waals surface area contributed by atoms with E-state index in [4.69, 9.17) is 17.3 Å². The number of pyridine rings is 1. The van der Waals surface area contributed by atoms with Crippen LogP contribution in [0.4, 0.5) is 0 Å². The van der Waals surface area contributed by atoms with Crippen LogP contribution in [0.1, 0.15) is 56.7 Å². The highest BCUT2D eigenvalue weighted by atomic mass is 16.3. The summed E-state index contributed by atoms with van der Waals surface area (Å²) in [7, 11) is 0. The van der Waals surface area contributed by atoms with E-state index in [2.05, 4.69) is 43.1 Å². The molecule has 2 heterocycles. The standard InChI is InChI=1S/C49H43N3O/c1-31-19-21-34(22-20-31)36-23-24-50-44(29-36)38-26-37(27-39(28-38)49(4,5)6)41-16-12-17-45-47(41)51-48(42-15-10-11-18-46(42)53)52(45)40-25-32(2)33(3)43(30-40)35-13-8-7-9-14-35/h7-30,53H,1-6H3/i1D3,19D,20D,21D,22D,23D,24D,29D. The van der Waals surface area contributed by atoms with Crippen molar-refractivity contribution in [2.24, 2.45) is 0 Å². The number of aryl methyl sites for hydroxylation is 1. The molecular weight excluding hydrogens is 647 g/mol. The minimum Gasteiger partial charge on any atom is -0.507 e. The first-order valence-electron chi connectivity index (χ1n) is 22.4. The first kappa shape index (κ1) is 24.1. The van der Waals surface area contributed by atoms with Crippen molar-refractivity contribution < 1.29 is 18.8 Å². The SMILES string of the molecule is [2H]c1nc(-c2cc(-c3cccc4c3nc(-c3ccccc3O)n4-c3cc(C)c(C)c(-c4ccccc4)c3)cc(C(C)(C)C)c2)c([2H])c(-c2c([2H])c([2H])c(C([2H])([2H])[2H])c([2H])c2[2H])c1[2H]. The summed E-state index contributed by atoms with van der Waals surface area (Å²) in [6, 6.07) is 28.9. The Labute approximate surface area is 326 Å². The second-order valence-electron chi connectivity index (χ2n) is 14.3. The number of imidazole rings is 1. The molecule has 8 aromatic rings. The number of benzene rings is 6. The van der Waals surface area contributed by atoms with Crippen LogP contribution in [0.5, 0.6) is 5.75 Å². The monoisotopic (exact) mass is 699 g/mol. The highest BCUT2D eigenvalue weighted by Crippen LogP contribution is 2.41. The third-order valence-corrected chi connectivity index (χ3v) is 9.68. The quantitative estimate of drug-likeness (QED) is 0.188. The number of hydrogen-bond acceptors (Lipinski definition) is 3. The second kappa shape index (κ2) is 13.4. The normalized spacial score (nSPS) is 14.6. The fraction of sp³-hybridized carbons (Fsp3) is 0.143. The molecule has 0 unspecified atom stereocenters. The van der Waals surface area contributed by atoms with Crippen LogP contribution in [0.15, 0.2) is 146 Å². The van der Waals surface area contributed by atoms with E-state index in [1.165, 1.54) is 0 Å². The molecule has 0 atom stereocenters. The first-order chi connectivity index (χ1) is 29.7. The Hall–Kier alpha value is -6.26. The van der Waals surface area contributed by atoms with Gasteiger partial charge in [-0.15, -0.1) is 0 Å². The third-order valence-electron chi connectivity index (χ3n) is 9.68. The van der Waals surface area contributed by atoms with Crippen molar-refractivity contribution in [3.8, 4) is 67.5 Å². The van der Waals surface area contributed by atoms with Gasteiger partial charge in [-0.25, -0.2) is 4.98 Å². The van der Waals surface area contributed by atoms with Gasteiger partial charge in [-0.1, -0.05) is 111 Å². The Balaban J connectivity index is 1.40. The number of hydrogen-bond donors (Lipinski definition) is 1. The Bertz CT molecular complexity index is 3120. The molecule has 0 bridgehead atoms. The smallest absolute Gasteiger partial charge is 0.149 e. The molecule has 0 aliphatic rings. The van der Waals surface area contributed by atoms with Gasteiger partial charge in [-0.2, -0.15) is 0 Å². The summed E-state index contributed by atoms with van der Waals surface area (Å²) in [5.41, 5.74) is 7.64. The minimum absolute atomic E-state index is 0.0358. The molecular formula is C49H43N3O. The summed E-state index contributed by atoms with van der Waals surface area (Å²) in [6.07, 6.45) is -0.563. The Kier molecular flexibility index (Phi) is 6.07. The highest BCUT2D eigenvalue weighted by Gasteiger charge is 2.23. The summed E-state index contributed by atoms with van der Waals surface area (Å²) < 4.78 is 87.3. The van der Waals surface area contributed by atoms with Crippen molar-refractivity contribution >= 4 is 11.0 Å². The lowest BCUT2D eigenvalue weighted by Gasteiger charge is -2.22. The van der Waals surface area contributed by atoms with E-state index in [9.17, 15) is 6.48 Å². The molecule has 0 saturated carbocycles. The molecule has 53 heavy (non-hydrogen) atoms. The van der Waals surface area contributed by atoms with Gasteiger partial charge in [-0.05, 0) is 125 Å². The molecule has 6 aromatic carbocycles. The zero-order valence-electron chi connectivity index (χ0n) is 40.1. The van der Waals surface area contributed by atoms with Gasteiger partial charge in [0.25, 0.3) is 0 Å². The van der Waals surface area contributed by atoms with Gasteiger partial charge < -0.3 is 5.11 Å². The van der Waals surface area contributed by atoms with Crippen LogP contribution in [0, 0.1) is 20.7 Å². The Morgan fingerprint density at radius 1 is 0.679 bits per heavy atom. The molecule has 2 aromatic heterocycles. The van der Waals surface area contributed by atoms with Crippen LogP contribution in [0.3, 0.4) is 0 Å². The summed E-state index contributed by atoms with van der Waals surface area (Å²) in [6.45, 7) is 7.32. The number of nitrogens with zero attached hydrogens (tertiary/aromatic N) is 3. The van der Waals surface area contributed by atoms with Crippen molar-refractivity contribution in [3.63, 3.8) is 0 Å². The van der Waals surface area contributed by atoms with E-state index in [0.29, 0.717) is 28.0 Å². The van der Waals surface area contributed by atoms with Crippen molar-refractivity contribution in [1.82, 2.24) is 14.5 Å². The fourth-order valence-electron chi connectivity index (χ4n) is 6.69. The molecule has 0 spiro atoms. The third kappa shape index (κ3) is 6.42. The van der Waals surface area contributed by atoms with E-state index in [-0.39, 0.29) is 17.0 Å². The summed E-state index contributed by atoms with van der Waals surface area (Å²) in [5.74, 6) is 0.572. The average Bonchev–Trinajstić information content (AvgIpc) is 3.63. The summed E-state index contributed by atoms with van der Waals surface area (Å²) in [5, 5.41) is 11.3. The lowest BCUT2D eigenvalue weighted by Crippen LogP contribution is -2.11. The predicted octanol–water partition coefficient (Wildman–Crippen LogP) is 12.7. The molecule has 0 aliphatic heterocycles. The van der Waals surface area contributed by atoms with Crippen LogP contribution in [-0.2, 0) is 5.41 Å². The summed E-state index contributed by atoms with van der Waals surface area (Å²) >= 11 is 0. The maximum Gasteiger partial charge on any atom is 0.149 e. The lowest BCUT2D eigenvalue weighted by atomic mass is 9.83. The van der Waals surface area contributed by atoms with Gasteiger partial charge in [0.2, 0.25) is 0 Å². The maximum absolute atomic E-state index is 11.3. The van der Waals surface area contributed by atoms with Gasteiger partial charge in [0.05, 0.1) is 31.9 Å². The van der Waals surface area contributed by atoms with E-state index < -0.39 is 65.8 Å². The summed E-state index contributed by atoms with van der Waals surface area (Å²) in [4.78, 5) is 9.68.